The lowest BCUT2D eigenvalue weighted by Gasteiger charge is -2.25. The monoisotopic (exact) mass is 206 g/mol. The van der Waals surface area contributed by atoms with E-state index in [-0.39, 0.29) is 18.3 Å². The van der Waals surface area contributed by atoms with Gasteiger partial charge in [0.2, 0.25) is 0 Å². The van der Waals surface area contributed by atoms with Crippen molar-refractivity contribution < 1.29 is 9.90 Å². The molecule has 1 rings (SSSR count). The highest BCUT2D eigenvalue weighted by molar-refractivity contribution is 5.85. The number of carboxylic acid groups (broad SMARTS) is 1. The van der Waals surface area contributed by atoms with Crippen LogP contribution in [0.25, 0.3) is 0 Å². The molecule has 1 saturated carbocycles. The van der Waals surface area contributed by atoms with Gasteiger partial charge in [-0.05, 0) is 31.6 Å². The fraction of sp³-hybridized carbons (Fsp3) is 0.900. The molecule has 0 atom stereocenters. The summed E-state index contributed by atoms with van der Waals surface area (Å²) in [7, 11) is 0. The third-order valence-electron chi connectivity index (χ3n) is 2.89. The summed E-state index contributed by atoms with van der Waals surface area (Å²) < 4.78 is 0. The maximum absolute atomic E-state index is 10.6. The number of aliphatic carboxylic acids is 1. The molecule has 0 radical (unpaired) electrons. The minimum atomic E-state index is -0.593. The molecule has 0 saturated heterocycles. The second-order valence-corrected chi connectivity index (χ2v) is 3.84. The Labute approximate surface area is 86.1 Å². The van der Waals surface area contributed by atoms with E-state index in [1.54, 1.807) is 0 Å². The molecule has 0 bridgehead atoms. The molecule has 0 unspecified atom stereocenters. The third-order valence-corrected chi connectivity index (χ3v) is 2.89. The van der Waals surface area contributed by atoms with Gasteiger partial charge in [0.25, 0.3) is 0 Å². The van der Waals surface area contributed by atoms with Gasteiger partial charge in [0.1, 0.15) is 0 Å². The summed E-state index contributed by atoms with van der Waals surface area (Å²) in [6.07, 6.45) is 6.59. The molecule has 1 aliphatic carbocycles. The average molecular weight is 207 g/mol. The van der Waals surface area contributed by atoms with Crippen LogP contribution in [0.1, 0.15) is 45.4 Å². The smallest absolute Gasteiger partial charge is 0.306 e. The lowest BCUT2D eigenvalue weighted by Crippen LogP contribution is -2.21. The van der Waals surface area contributed by atoms with E-state index in [1.807, 2.05) is 0 Å². The zero-order valence-electron chi connectivity index (χ0n) is 8.16. The highest BCUT2D eigenvalue weighted by Gasteiger charge is 2.24. The van der Waals surface area contributed by atoms with Gasteiger partial charge < -0.3 is 5.11 Å². The van der Waals surface area contributed by atoms with Crippen molar-refractivity contribution in [1.29, 1.82) is 0 Å². The highest BCUT2D eigenvalue weighted by atomic mass is 35.5. The summed E-state index contributed by atoms with van der Waals surface area (Å²) >= 11 is 0. The zero-order chi connectivity index (χ0) is 8.97. The van der Waals surface area contributed by atoms with Gasteiger partial charge in [-0.15, -0.1) is 12.4 Å². The van der Waals surface area contributed by atoms with Crippen LogP contribution >= 0.6 is 12.4 Å². The fourth-order valence-corrected chi connectivity index (χ4v) is 2.11. The Hall–Kier alpha value is -0.240. The number of carbonyl (C=O) groups is 1. The van der Waals surface area contributed by atoms with Crippen LogP contribution in [0, 0.1) is 11.8 Å². The van der Waals surface area contributed by atoms with Gasteiger partial charge in [-0.1, -0.05) is 19.8 Å². The van der Waals surface area contributed by atoms with Crippen LogP contribution in [0.3, 0.4) is 0 Å². The van der Waals surface area contributed by atoms with E-state index >= 15 is 0 Å². The van der Waals surface area contributed by atoms with Crippen molar-refractivity contribution in [2.45, 2.75) is 45.4 Å². The van der Waals surface area contributed by atoms with Crippen LogP contribution in [-0.2, 0) is 4.79 Å². The number of hydrogen-bond acceptors (Lipinski definition) is 1. The minimum Gasteiger partial charge on any atom is -0.481 e. The molecule has 78 valence electrons. The minimum absolute atomic E-state index is 0. The number of hydrogen-bond donors (Lipinski definition) is 1. The Morgan fingerprint density at radius 2 is 1.85 bits per heavy atom. The maximum Gasteiger partial charge on any atom is 0.306 e. The summed E-state index contributed by atoms with van der Waals surface area (Å²) in [5, 5.41) is 8.75. The first-order chi connectivity index (χ1) is 5.74. The van der Waals surface area contributed by atoms with Gasteiger partial charge in [-0.25, -0.2) is 0 Å². The van der Waals surface area contributed by atoms with Crippen molar-refractivity contribution in [2.75, 3.05) is 0 Å². The summed E-state index contributed by atoms with van der Waals surface area (Å²) in [4.78, 5) is 10.6. The van der Waals surface area contributed by atoms with E-state index < -0.39 is 5.97 Å². The lowest BCUT2D eigenvalue weighted by molar-refractivity contribution is -0.143. The van der Waals surface area contributed by atoms with Gasteiger partial charge in [-0.2, -0.15) is 0 Å². The Balaban J connectivity index is 0.00000144. The molecule has 2 nitrogen and oxygen atoms in total. The molecular weight excluding hydrogens is 188 g/mol. The molecule has 0 aromatic carbocycles. The highest BCUT2D eigenvalue weighted by Crippen LogP contribution is 2.31. The van der Waals surface area contributed by atoms with E-state index in [0.29, 0.717) is 0 Å². The molecule has 0 amide bonds. The molecule has 0 aromatic rings. The third kappa shape index (κ3) is 3.99. The number of carboxylic acids is 1. The Kier molecular flexibility index (Phi) is 6.13. The largest absolute Gasteiger partial charge is 0.481 e. The average Bonchev–Trinajstić information content (AvgIpc) is 2.06. The Bertz CT molecular complexity index is 151. The van der Waals surface area contributed by atoms with Crippen molar-refractivity contribution >= 4 is 18.4 Å². The standard InChI is InChI=1S/C10H18O2.ClH/c1-2-3-8-4-6-9(7-5-8)10(11)12;/h8-9H,2-7H2,1H3,(H,11,12);1H/t8-,9-;. The van der Waals surface area contributed by atoms with Crippen LogP contribution in [0.4, 0.5) is 0 Å². The van der Waals surface area contributed by atoms with Crippen LogP contribution in [-0.4, -0.2) is 11.1 Å². The van der Waals surface area contributed by atoms with E-state index in [9.17, 15) is 4.79 Å². The molecule has 0 heterocycles. The lowest BCUT2D eigenvalue weighted by atomic mass is 9.80. The van der Waals surface area contributed by atoms with Crippen molar-refractivity contribution in [3.8, 4) is 0 Å². The second-order valence-electron chi connectivity index (χ2n) is 3.84. The first kappa shape index (κ1) is 12.8. The second kappa shape index (κ2) is 6.25. The number of halogens is 1. The van der Waals surface area contributed by atoms with Gasteiger partial charge >= 0.3 is 5.97 Å². The predicted molar refractivity (Wildman–Crippen MR) is 55.2 cm³/mol. The normalized spacial score (nSPS) is 27.8. The van der Waals surface area contributed by atoms with Crippen LogP contribution in [0.2, 0.25) is 0 Å². The van der Waals surface area contributed by atoms with E-state index in [0.717, 1.165) is 31.6 Å². The topological polar surface area (TPSA) is 37.3 Å². The molecule has 13 heavy (non-hydrogen) atoms. The van der Waals surface area contributed by atoms with E-state index in [1.165, 1.54) is 12.8 Å². The molecule has 3 heteroatoms. The van der Waals surface area contributed by atoms with Crippen molar-refractivity contribution in [3.05, 3.63) is 0 Å². The quantitative estimate of drug-likeness (QED) is 0.771. The van der Waals surface area contributed by atoms with Gasteiger partial charge in [0.15, 0.2) is 0 Å². The van der Waals surface area contributed by atoms with Gasteiger partial charge in [0, 0.05) is 0 Å². The van der Waals surface area contributed by atoms with E-state index in [2.05, 4.69) is 6.92 Å². The molecule has 0 spiro atoms. The summed E-state index contributed by atoms with van der Waals surface area (Å²) in [6.45, 7) is 2.20. The summed E-state index contributed by atoms with van der Waals surface area (Å²) in [6, 6.07) is 0. The molecule has 1 fully saturated rings. The maximum atomic E-state index is 10.6. The Morgan fingerprint density at radius 1 is 1.31 bits per heavy atom. The predicted octanol–water partition coefficient (Wildman–Crippen LogP) is 3.10. The first-order valence-electron chi connectivity index (χ1n) is 4.96. The fourth-order valence-electron chi connectivity index (χ4n) is 2.11. The SMILES string of the molecule is CCC[C@H]1CC[C@H](C(=O)O)CC1.Cl. The summed E-state index contributed by atoms with van der Waals surface area (Å²) in [5.41, 5.74) is 0. The van der Waals surface area contributed by atoms with Gasteiger partial charge in [0.05, 0.1) is 5.92 Å². The molecule has 1 aliphatic rings. The van der Waals surface area contributed by atoms with Crippen molar-refractivity contribution in [1.82, 2.24) is 0 Å². The number of rotatable bonds is 3. The first-order valence-corrected chi connectivity index (χ1v) is 4.96. The molecule has 0 aromatic heterocycles. The van der Waals surface area contributed by atoms with E-state index in [4.69, 9.17) is 5.11 Å². The van der Waals surface area contributed by atoms with Crippen LogP contribution in [0.5, 0.6) is 0 Å². The van der Waals surface area contributed by atoms with Crippen molar-refractivity contribution in [2.24, 2.45) is 11.8 Å². The Morgan fingerprint density at radius 3 is 2.23 bits per heavy atom. The van der Waals surface area contributed by atoms with Gasteiger partial charge in [-0.3, -0.25) is 4.79 Å². The molecule has 0 aliphatic heterocycles. The van der Waals surface area contributed by atoms with Crippen LogP contribution in [0.15, 0.2) is 0 Å². The molecule has 1 N–H and O–H groups in total. The summed E-state index contributed by atoms with van der Waals surface area (Å²) in [5.74, 6) is 0.175. The molecular formula is C10H19ClO2. The zero-order valence-corrected chi connectivity index (χ0v) is 8.98. The van der Waals surface area contributed by atoms with Crippen LogP contribution < -0.4 is 0 Å². The van der Waals surface area contributed by atoms with Crippen molar-refractivity contribution in [3.63, 3.8) is 0 Å².